The fraction of sp³-hybridized carbons (Fsp3) is 0.421. The number of hydrogen-bond donors (Lipinski definition) is 4. The van der Waals surface area contributed by atoms with Crippen LogP contribution >= 0.6 is 0 Å². The Labute approximate surface area is 152 Å². The van der Waals surface area contributed by atoms with Gasteiger partial charge in [-0.05, 0) is 18.1 Å². The van der Waals surface area contributed by atoms with E-state index in [2.05, 4.69) is 15.6 Å². The van der Waals surface area contributed by atoms with Gasteiger partial charge < -0.3 is 20.7 Å². The Morgan fingerprint density at radius 1 is 1.15 bits per heavy atom. The van der Waals surface area contributed by atoms with E-state index < -0.39 is 24.0 Å². The molecule has 0 spiro atoms. The van der Waals surface area contributed by atoms with Crippen molar-refractivity contribution in [1.82, 2.24) is 15.6 Å². The zero-order chi connectivity index (χ0) is 19.1. The van der Waals surface area contributed by atoms with Gasteiger partial charge in [-0.2, -0.15) is 0 Å². The highest BCUT2D eigenvalue weighted by Gasteiger charge is 2.26. The highest BCUT2D eigenvalue weighted by atomic mass is 16.4. The van der Waals surface area contributed by atoms with Crippen molar-refractivity contribution in [3.05, 3.63) is 36.0 Å². The number of aromatic amines is 1. The number of rotatable bonds is 9. The number of carboxylic acid groups (broad SMARTS) is 1. The van der Waals surface area contributed by atoms with Crippen molar-refractivity contribution in [3.8, 4) is 0 Å². The standard InChI is InChI=1S/C19H25N3O4/c1-3-4-8-16(19(25)26)22-18(24)17(21-12(2)23)10-13-11-20-15-9-6-5-7-14(13)15/h5-7,9,11,16-17,20H,3-4,8,10H2,1-2H3,(H,21,23)(H,22,24)(H,25,26)/t16-,17?/m0/s1. The van der Waals surface area contributed by atoms with Crippen molar-refractivity contribution in [2.24, 2.45) is 0 Å². The molecule has 0 bridgehead atoms. The maximum Gasteiger partial charge on any atom is 0.326 e. The molecule has 4 N–H and O–H groups in total. The van der Waals surface area contributed by atoms with Gasteiger partial charge in [-0.15, -0.1) is 0 Å². The van der Waals surface area contributed by atoms with E-state index in [1.165, 1.54) is 6.92 Å². The van der Waals surface area contributed by atoms with Crippen LogP contribution in [0.2, 0.25) is 0 Å². The lowest BCUT2D eigenvalue weighted by molar-refractivity contribution is -0.142. The molecule has 0 fully saturated rings. The van der Waals surface area contributed by atoms with Crippen molar-refractivity contribution in [3.63, 3.8) is 0 Å². The molecular formula is C19H25N3O4. The van der Waals surface area contributed by atoms with E-state index in [0.717, 1.165) is 22.9 Å². The Hall–Kier alpha value is -2.83. The monoisotopic (exact) mass is 359 g/mol. The lowest BCUT2D eigenvalue weighted by atomic mass is 10.0. The first-order chi connectivity index (χ1) is 12.4. The molecule has 7 nitrogen and oxygen atoms in total. The van der Waals surface area contributed by atoms with Crippen LogP contribution in [0.1, 0.15) is 38.7 Å². The second kappa shape index (κ2) is 9.03. The van der Waals surface area contributed by atoms with E-state index in [4.69, 9.17) is 0 Å². The van der Waals surface area contributed by atoms with Crippen molar-refractivity contribution in [1.29, 1.82) is 0 Å². The number of carbonyl (C=O) groups excluding carboxylic acids is 2. The molecular weight excluding hydrogens is 334 g/mol. The van der Waals surface area contributed by atoms with Crippen LogP contribution in [0.3, 0.4) is 0 Å². The number of hydrogen-bond acceptors (Lipinski definition) is 3. The second-order valence-electron chi connectivity index (χ2n) is 6.36. The summed E-state index contributed by atoms with van der Waals surface area (Å²) in [5, 5.41) is 15.5. The normalized spacial score (nSPS) is 13.2. The van der Waals surface area contributed by atoms with Crippen molar-refractivity contribution in [2.75, 3.05) is 0 Å². The molecule has 0 aliphatic carbocycles. The molecule has 1 aromatic heterocycles. The average molecular weight is 359 g/mol. The van der Waals surface area contributed by atoms with Gasteiger partial charge in [0.05, 0.1) is 0 Å². The van der Waals surface area contributed by atoms with Crippen LogP contribution < -0.4 is 10.6 Å². The number of nitrogens with one attached hydrogen (secondary N) is 3. The summed E-state index contributed by atoms with van der Waals surface area (Å²) in [4.78, 5) is 38.7. The molecule has 7 heteroatoms. The largest absolute Gasteiger partial charge is 0.480 e. The predicted molar refractivity (Wildman–Crippen MR) is 98.7 cm³/mol. The third-order valence-corrected chi connectivity index (χ3v) is 4.25. The van der Waals surface area contributed by atoms with Crippen molar-refractivity contribution in [2.45, 2.75) is 51.6 Å². The first-order valence-corrected chi connectivity index (χ1v) is 8.77. The second-order valence-corrected chi connectivity index (χ2v) is 6.36. The zero-order valence-corrected chi connectivity index (χ0v) is 15.0. The van der Waals surface area contributed by atoms with E-state index in [9.17, 15) is 19.5 Å². The van der Waals surface area contributed by atoms with Gasteiger partial charge in [0.25, 0.3) is 0 Å². The summed E-state index contributed by atoms with van der Waals surface area (Å²) < 4.78 is 0. The van der Waals surface area contributed by atoms with Crippen LogP contribution in [0.25, 0.3) is 10.9 Å². The van der Waals surface area contributed by atoms with Crippen LogP contribution in [0.5, 0.6) is 0 Å². The number of aliphatic carboxylic acids is 1. The third kappa shape index (κ3) is 5.08. The maximum absolute atomic E-state index is 12.6. The van der Waals surface area contributed by atoms with Gasteiger partial charge in [0.15, 0.2) is 0 Å². The van der Waals surface area contributed by atoms with Crippen LogP contribution in [-0.2, 0) is 20.8 Å². The Bertz CT molecular complexity index is 784. The van der Waals surface area contributed by atoms with E-state index in [1.807, 2.05) is 31.2 Å². The minimum atomic E-state index is -1.07. The molecule has 2 amide bonds. The SMILES string of the molecule is CCCC[C@H](NC(=O)C(Cc1c[nH]c2ccccc12)NC(C)=O)C(=O)O. The minimum Gasteiger partial charge on any atom is -0.480 e. The zero-order valence-electron chi connectivity index (χ0n) is 15.0. The molecule has 0 saturated carbocycles. The molecule has 1 aromatic carbocycles. The molecule has 2 aromatic rings. The molecule has 140 valence electrons. The van der Waals surface area contributed by atoms with Crippen LogP contribution in [0.15, 0.2) is 30.5 Å². The average Bonchev–Trinajstić information content (AvgIpc) is 3.00. The molecule has 0 aliphatic heterocycles. The predicted octanol–water partition coefficient (Wildman–Crippen LogP) is 1.97. The number of para-hydroxylation sites is 1. The summed E-state index contributed by atoms with van der Waals surface area (Å²) in [5.74, 6) is -1.90. The summed E-state index contributed by atoms with van der Waals surface area (Å²) in [7, 11) is 0. The van der Waals surface area contributed by atoms with Gasteiger partial charge in [0.1, 0.15) is 12.1 Å². The Morgan fingerprint density at radius 3 is 2.54 bits per heavy atom. The highest BCUT2D eigenvalue weighted by Crippen LogP contribution is 2.19. The first-order valence-electron chi connectivity index (χ1n) is 8.77. The fourth-order valence-corrected chi connectivity index (χ4v) is 2.91. The molecule has 26 heavy (non-hydrogen) atoms. The van der Waals surface area contributed by atoms with Gasteiger partial charge in [0, 0.05) is 30.4 Å². The van der Waals surface area contributed by atoms with Crippen molar-refractivity contribution >= 4 is 28.7 Å². The molecule has 0 radical (unpaired) electrons. The number of aromatic nitrogens is 1. The van der Waals surface area contributed by atoms with E-state index in [-0.39, 0.29) is 12.3 Å². The molecule has 2 rings (SSSR count). The van der Waals surface area contributed by atoms with Gasteiger partial charge in [0.2, 0.25) is 11.8 Å². The number of carboxylic acids is 1. The molecule has 0 saturated heterocycles. The third-order valence-electron chi connectivity index (χ3n) is 4.25. The first kappa shape index (κ1) is 19.5. The number of benzene rings is 1. The topological polar surface area (TPSA) is 111 Å². The fourth-order valence-electron chi connectivity index (χ4n) is 2.91. The Morgan fingerprint density at radius 2 is 1.88 bits per heavy atom. The van der Waals surface area contributed by atoms with Gasteiger partial charge in [-0.1, -0.05) is 38.0 Å². The molecule has 1 heterocycles. The van der Waals surface area contributed by atoms with Gasteiger partial charge in [-0.3, -0.25) is 9.59 Å². The van der Waals surface area contributed by atoms with Gasteiger partial charge in [-0.25, -0.2) is 4.79 Å². The Balaban J connectivity index is 2.16. The quantitative estimate of drug-likeness (QED) is 0.548. The summed E-state index contributed by atoms with van der Waals surface area (Å²) in [6.07, 6.45) is 3.97. The van der Waals surface area contributed by atoms with E-state index in [1.54, 1.807) is 6.20 Å². The van der Waals surface area contributed by atoms with Crippen LogP contribution in [0, 0.1) is 0 Å². The van der Waals surface area contributed by atoms with Crippen LogP contribution in [0.4, 0.5) is 0 Å². The molecule has 2 atom stereocenters. The summed E-state index contributed by atoms with van der Waals surface area (Å²) in [5.41, 5.74) is 1.82. The Kier molecular flexibility index (Phi) is 6.77. The number of fused-ring (bicyclic) bond motifs is 1. The smallest absolute Gasteiger partial charge is 0.326 e. The lowest BCUT2D eigenvalue weighted by Crippen LogP contribution is -2.52. The number of carbonyl (C=O) groups is 3. The summed E-state index contributed by atoms with van der Waals surface area (Å²) >= 11 is 0. The minimum absolute atomic E-state index is 0.273. The number of unbranched alkanes of at least 4 members (excludes halogenated alkanes) is 1. The molecule has 1 unspecified atom stereocenters. The number of H-pyrrole nitrogens is 1. The maximum atomic E-state index is 12.6. The van der Waals surface area contributed by atoms with E-state index in [0.29, 0.717) is 12.8 Å². The number of amides is 2. The summed E-state index contributed by atoms with van der Waals surface area (Å²) in [6.45, 7) is 3.29. The van der Waals surface area contributed by atoms with Gasteiger partial charge >= 0.3 is 5.97 Å². The summed E-state index contributed by atoms with van der Waals surface area (Å²) in [6, 6.07) is 5.88. The highest BCUT2D eigenvalue weighted by molar-refractivity contribution is 5.91. The van der Waals surface area contributed by atoms with Crippen LogP contribution in [-0.4, -0.2) is 40.0 Å². The van der Waals surface area contributed by atoms with Crippen molar-refractivity contribution < 1.29 is 19.5 Å². The molecule has 0 aliphatic rings. The lowest BCUT2D eigenvalue weighted by Gasteiger charge is -2.21. The van der Waals surface area contributed by atoms with E-state index >= 15 is 0 Å².